The summed E-state index contributed by atoms with van der Waals surface area (Å²) in [6, 6.07) is 8.37. The Hall–Kier alpha value is -3.05. The molecule has 0 aliphatic heterocycles. The van der Waals surface area contributed by atoms with E-state index in [1.807, 2.05) is 12.3 Å². The maximum Gasteiger partial charge on any atom is 0.415 e. The lowest BCUT2D eigenvalue weighted by atomic mass is 10.0. The Bertz CT molecular complexity index is 1350. The molecular weight excluding hydrogens is 517 g/mol. The second-order valence-electron chi connectivity index (χ2n) is 10.9. The Morgan fingerprint density at radius 3 is 2.38 bits per heavy atom. The first-order chi connectivity index (χ1) is 18.7. The highest BCUT2D eigenvalue weighted by Gasteiger charge is 2.31. The van der Waals surface area contributed by atoms with Crippen molar-refractivity contribution in [2.45, 2.75) is 78.1 Å². The third-order valence-electron chi connectivity index (χ3n) is 8.01. The minimum Gasteiger partial charge on any atom is -0.371 e. The molecule has 0 radical (unpaired) electrons. The van der Waals surface area contributed by atoms with Crippen molar-refractivity contribution in [1.29, 1.82) is 0 Å². The highest BCUT2D eigenvalue weighted by Crippen LogP contribution is 2.37. The van der Waals surface area contributed by atoms with Crippen LogP contribution in [0.4, 0.5) is 29.7 Å². The van der Waals surface area contributed by atoms with Crippen LogP contribution >= 0.6 is 11.3 Å². The van der Waals surface area contributed by atoms with Crippen LogP contribution in [-0.4, -0.2) is 18.1 Å². The molecule has 1 aromatic heterocycles. The average molecular weight is 553 g/mol. The van der Waals surface area contributed by atoms with Crippen molar-refractivity contribution >= 4 is 27.8 Å². The van der Waals surface area contributed by atoms with Crippen molar-refractivity contribution in [1.82, 2.24) is 4.98 Å². The van der Waals surface area contributed by atoms with Crippen molar-refractivity contribution in [2.75, 3.05) is 22.9 Å². The van der Waals surface area contributed by atoms with Crippen LogP contribution in [0.3, 0.4) is 0 Å². The first-order valence-electron chi connectivity index (χ1n) is 13.9. The van der Waals surface area contributed by atoms with Gasteiger partial charge in [0.05, 0.1) is 12.3 Å². The molecule has 0 atom stereocenters. The molecule has 4 nitrogen and oxygen atoms in total. The number of thiazole rings is 1. The van der Waals surface area contributed by atoms with E-state index in [4.69, 9.17) is 11.6 Å². The number of benzene rings is 2. The van der Waals surface area contributed by atoms with Crippen molar-refractivity contribution in [3.63, 3.8) is 0 Å². The van der Waals surface area contributed by atoms with Crippen LogP contribution < -0.4 is 9.80 Å². The van der Waals surface area contributed by atoms with Gasteiger partial charge in [-0.15, -0.1) is 11.3 Å². The molecule has 2 aromatic carbocycles. The van der Waals surface area contributed by atoms with E-state index in [2.05, 4.69) is 33.7 Å². The number of aryl methyl sites for hydroxylation is 3. The molecule has 0 amide bonds. The predicted octanol–water partition coefficient (Wildman–Crippen LogP) is 8.73. The largest absolute Gasteiger partial charge is 0.415 e. The Balaban J connectivity index is 1.52. The minimum atomic E-state index is -4.51. The summed E-state index contributed by atoms with van der Waals surface area (Å²) in [5.74, 6) is 0.709. The second kappa shape index (κ2) is 11.6. The van der Waals surface area contributed by atoms with Gasteiger partial charge in [0.1, 0.15) is 0 Å². The van der Waals surface area contributed by atoms with Gasteiger partial charge in [0.25, 0.3) is 0 Å². The molecule has 0 saturated heterocycles. The van der Waals surface area contributed by atoms with E-state index < -0.39 is 11.7 Å². The lowest BCUT2D eigenvalue weighted by molar-refractivity contribution is -0.137. The second-order valence-corrected chi connectivity index (χ2v) is 11.8. The third-order valence-corrected chi connectivity index (χ3v) is 9.03. The highest BCUT2D eigenvalue weighted by atomic mass is 32.1. The number of halogens is 3. The van der Waals surface area contributed by atoms with Gasteiger partial charge in [-0.2, -0.15) is 13.2 Å². The number of fused-ring (bicyclic) bond motifs is 1. The number of alkyl halides is 3. The molecule has 0 spiro atoms. The molecule has 1 heterocycles. The van der Waals surface area contributed by atoms with Gasteiger partial charge in [0.2, 0.25) is 0 Å². The zero-order valence-electron chi connectivity index (χ0n) is 22.7. The summed E-state index contributed by atoms with van der Waals surface area (Å²) in [6.07, 6.45) is 3.98. The fraction of sp³-hybridized carbons (Fsp3) is 0.484. The summed E-state index contributed by atoms with van der Waals surface area (Å²) in [6.45, 7) is 14.2. The lowest BCUT2D eigenvalue weighted by Crippen LogP contribution is -2.31. The number of anilines is 2. The van der Waals surface area contributed by atoms with Gasteiger partial charge >= 0.3 is 6.18 Å². The van der Waals surface area contributed by atoms with Gasteiger partial charge in [-0.3, -0.25) is 0 Å². The topological polar surface area (TPSA) is 23.7 Å². The van der Waals surface area contributed by atoms with Crippen LogP contribution in [0.25, 0.3) is 4.85 Å². The van der Waals surface area contributed by atoms with Gasteiger partial charge in [0.15, 0.2) is 10.8 Å². The normalized spacial score (nSPS) is 15.4. The maximum absolute atomic E-state index is 13.6. The van der Waals surface area contributed by atoms with Gasteiger partial charge in [0, 0.05) is 42.8 Å². The van der Waals surface area contributed by atoms with Crippen molar-refractivity contribution in [3.05, 3.63) is 80.6 Å². The summed E-state index contributed by atoms with van der Waals surface area (Å²) < 4.78 is 40.9. The predicted molar refractivity (Wildman–Crippen MR) is 153 cm³/mol. The zero-order chi connectivity index (χ0) is 27.6. The molecule has 206 valence electrons. The Kier molecular flexibility index (Phi) is 8.18. The molecule has 0 N–H and O–H groups in total. The van der Waals surface area contributed by atoms with Crippen LogP contribution in [0.5, 0.6) is 0 Å². The van der Waals surface area contributed by atoms with Crippen molar-refractivity contribution in [2.24, 2.45) is 5.92 Å². The number of hydrogen-bond donors (Lipinski definition) is 0. The fourth-order valence-corrected chi connectivity index (χ4v) is 6.89. The van der Waals surface area contributed by atoms with Gasteiger partial charge in [-0.05, 0) is 92.3 Å². The van der Waals surface area contributed by atoms with Crippen LogP contribution in [0.15, 0.2) is 35.7 Å². The number of aromatic nitrogens is 1. The molecule has 5 rings (SSSR count). The van der Waals surface area contributed by atoms with E-state index >= 15 is 0 Å². The molecule has 0 bridgehead atoms. The van der Waals surface area contributed by atoms with Gasteiger partial charge in [-0.25, -0.2) is 9.83 Å². The van der Waals surface area contributed by atoms with E-state index in [1.165, 1.54) is 65.5 Å². The summed E-state index contributed by atoms with van der Waals surface area (Å²) in [5, 5.41) is 2.75. The Morgan fingerprint density at radius 2 is 1.74 bits per heavy atom. The number of rotatable bonds is 9. The third kappa shape index (κ3) is 6.41. The minimum absolute atomic E-state index is 0.00189. The van der Waals surface area contributed by atoms with E-state index in [0.717, 1.165) is 49.2 Å². The Morgan fingerprint density at radius 1 is 1.00 bits per heavy atom. The summed E-state index contributed by atoms with van der Waals surface area (Å²) in [4.78, 5) is 12.6. The smallest absolute Gasteiger partial charge is 0.371 e. The monoisotopic (exact) mass is 552 g/mol. The van der Waals surface area contributed by atoms with Crippen LogP contribution in [-0.2, 0) is 32.1 Å². The molecule has 0 unspecified atom stereocenters. The molecular formula is C31H35F3N4S. The first-order valence-corrected chi connectivity index (χ1v) is 14.8. The SMILES string of the molecule is [C-]#[N+]c1cc(CN(Cc2cc3c(cc2N(CC)CC2CCCC2)CCC3)c2nc(C)cs2)cc(C(F)(F)F)c1. The van der Waals surface area contributed by atoms with Crippen LogP contribution in [0, 0.1) is 19.4 Å². The first kappa shape index (κ1) is 27.5. The number of hydrogen-bond acceptors (Lipinski definition) is 4. The molecule has 1 fully saturated rings. The van der Waals surface area contributed by atoms with Crippen LogP contribution in [0.2, 0.25) is 0 Å². The molecule has 39 heavy (non-hydrogen) atoms. The molecule has 8 heteroatoms. The van der Waals surface area contributed by atoms with E-state index in [-0.39, 0.29) is 12.2 Å². The van der Waals surface area contributed by atoms with Crippen LogP contribution in [0.1, 0.15) is 72.5 Å². The average Bonchev–Trinajstić information content (AvgIpc) is 3.68. The molecule has 2 aliphatic carbocycles. The summed E-state index contributed by atoms with van der Waals surface area (Å²) >= 11 is 1.51. The molecule has 3 aromatic rings. The van der Waals surface area contributed by atoms with Crippen molar-refractivity contribution < 1.29 is 13.2 Å². The van der Waals surface area contributed by atoms with E-state index in [1.54, 1.807) is 6.07 Å². The van der Waals surface area contributed by atoms with Crippen molar-refractivity contribution in [3.8, 4) is 0 Å². The highest BCUT2D eigenvalue weighted by molar-refractivity contribution is 7.13. The number of nitrogens with zero attached hydrogens (tertiary/aromatic N) is 4. The zero-order valence-corrected chi connectivity index (χ0v) is 23.5. The van der Waals surface area contributed by atoms with E-state index in [0.29, 0.717) is 18.0 Å². The Labute approximate surface area is 233 Å². The molecule has 2 aliphatic rings. The molecule has 1 saturated carbocycles. The standard InChI is InChI=1S/C31H35F3N4S/c1-4-37(17-22-8-5-6-9-22)29-15-25-11-7-10-24(25)14-26(29)19-38(30-36-21(2)20-39-30)18-23-12-27(31(32,33)34)16-28(13-23)35-3/h12-16,20,22H,4-11,17-19H2,1-2H3. The fourth-order valence-electron chi connectivity index (χ4n) is 6.08. The van der Waals surface area contributed by atoms with Gasteiger partial charge < -0.3 is 9.80 Å². The van der Waals surface area contributed by atoms with Gasteiger partial charge in [-0.1, -0.05) is 25.0 Å². The van der Waals surface area contributed by atoms with E-state index in [9.17, 15) is 13.2 Å². The lowest BCUT2D eigenvalue weighted by Gasteiger charge is -2.31. The maximum atomic E-state index is 13.6. The summed E-state index contributed by atoms with van der Waals surface area (Å²) in [5.41, 5.74) is 5.82. The summed E-state index contributed by atoms with van der Waals surface area (Å²) in [7, 11) is 0. The quantitative estimate of drug-likeness (QED) is 0.248.